The van der Waals surface area contributed by atoms with Gasteiger partial charge in [0.15, 0.2) is 0 Å². The monoisotopic (exact) mass is 310 g/mol. The highest BCUT2D eigenvalue weighted by atomic mass is 32.2. The zero-order valence-corrected chi connectivity index (χ0v) is 12.9. The molecule has 8 heteroatoms. The standard InChI is InChI=1S/C12H14N4O2S2/c1-5-6(2)19-10-8(5)11(15-4-14-10)20-7(3)9(17)16-12(13)18/h4,7H,1-3H3,(H3,13,16,17,18)/t7-/m1/s1. The number of rotatable bonds is 3. The summed E-state index contributed by atoms with van der Waals surface area (Å²) in [5, 5.41) is 3.31. The minimum absolute atomic E-state index is 0.432. The number of aromatic nitrogens is 2. The smallest absolute Gasteiger partial charge is 0.318 e. The average Bonchev–Trinajstić information content (AvgIpc) is 2.65. The van der Waals surface area contributed by atoms with Crippen LogP contribution in [0.2, 0.25) is 0 Å². The number of nitrogens with one attached hydrogen (secondary N) is 1. The summed E-state index contributed by atoms with van der Waals surface area (Å²) >= 11 is 2.89. The summed E-state index contributed by atoms with van der Waals surface area (Å²) in [7, 11) is 0. The number of hydrogen-bond acceptors (Lipinski definition) is 6. The largest absolute Gasteiger partial charge is 0.351 e. The zero-order valence-electron chi connectivity index (χ0n) is 11.3. The van der Waals surface area contributed by atoms with Crippen molar-refractivity contribution in [2.24, 2.45) is 5.73 Å². The number of imide groups is 1. The molecule has 6 nitrogen and oxygen atoms in total. The molecule has 2 aromatic rings. The Labute approximate surface area is 124 Å². The number of fused-ring (bicyclic) bond motifs is 1. The Morgan fingerprint density at radius 1 is 1.40 bits per heavy atom. The molecule has 0 saturated carbocycles. The van der Waals surface area contributed by atoms with E-state index in [0.717, 1.165) is 20.8 Å². The number of aryl methyl sites for hydroxylation is 2. The molecule has 3 amide bonds. The summed E-state index contributed by atoms with van der Waals surface area (Å²) in [6.45, 7) is 5.74. The molecule has 106 valence electrons. The third-order valence-corrected chi connectivity index (χ3v) is 5.05. The first-order valence-corrected chi connectivity index (χ1v) is 7.57. The number of nitrogens with zero attached hydrogens (tertiary/aromatic N) is 2. The van der Waals surface area contributed by atoms with Crippen molar-refractivity contribution in [2.45, 2.75) is 31.0 Å². The van der Waals surface area contributed by atoms with E-state index < -0.39 is 17.2 Å². The lowest BCUT2D eigenvalue weighted by atomic mass is 10.2. The van der Waals surface area contributed by atoms with Crippen LogP contribution >= 0.6 is 23.1 Å². The Morgan fingerprint density at radius 2 is 2.10 bits per heavy atom. The Kier molecular flexibility index (Phi) is 4.24. The van der Waals surface area contributed by atoms with Gasteiger partial charge in [-0.15, -0.1) is 11.3 Å². The molecule has 0 fully saturated rings. The predicted molar refractivity (Wildman–Crippen MR) is 79.9 cm³/mol. The number of carbonyl (C=O) groups excluding carboxylic acids is 2. The minimum Gasteiger partial charge on any atom is -0.351 e. The van der Waals surface area contributed by atoms with E-state index in [9.17, 15) is 9.59 Å². The SMILES string of the molecule is Cc1sc2ncnc(S[C@H](C)C(=O)NC(N)=O)c2c1C. The topological polar surface area (TPSA) is 98.0 Å². The first kappa shape index (κ1) is 14.7. The maximum absolute atomic E-state index is 11.7. The number of thiophene rings is 1. The summed E-state index contributed by atoms with van der Waals surface area (Å²) in [6, 6.07) is -0.849. The normalized spacial score (nSPS) is 12.3. The van der Waals surface area contributed by atoms with Gasteiger partial charge < -0.3 is 5.73 Å². The lowest BCUT2D eigenvalue weighted by Gasteiger charge is -2.10. The summed E-state index contributed by atoms with van der Waals surface area (Å²) in [4.78, 5) is 33.0. The van der Waals surface area contributed by atoms with E-state index in [4.69, 9.17) is 5.73 Å². The highest BCUT2D eigenvalue weighted by Crippen LogP contribution is 2.35. The van der Waals surface area contributed by atoms with E-state index >= 15 is 0 Å². The quantitative estimate of drug-likeness (QED) is 0.667. The molecule has 0 aliphatic heterocycles. The van der Waals surface area contributed by atoms with Crippen molar-refractivity contribution < 1.29 is 9.59 Å². The molecule has 1 atom stereocenters. The van der Waals surface area contributed by atoms with E-state index in [1.54, 1.807) is 18.3 Å². The van der Waals surface area contributed by atoms with Crippen LogP contribution in [0.4, 0.5) is 4.79 Å². The van der Waals surface area contributed by atoms with Crippen molar-refractivity contribution >= 4 is 45.3 Å². The number of carbonyl (C=O) groups is 2. The van der Waals surface area contributed by atoms with Crippen molar-refractivity contribution in [1.29, 1.82) is 0 Å². The van der Waals surface area contributed by atoms with Gasteiger partial charge in [0.2, 0.25) is 5.91 Å². The maximum atomic E-state index is 11.7. The molecule has 0 radical (unpaired) electrons. The molecule has 0 bridgehead atoms. The van der Waals surface area contributed by atoms with Gasteiger partial charge >= 0.3 is 6.03 Å². The molecule has 2 heterocycles. The van der Waals surface area contributed by atoms with Gasteiger partial charge in [-0.25, -0.2) is 14.8 Å². The number of hydrogen-bond donors (Lipinski definition) is 2. The van der Waals surface area contributed by atoms with Crippen molar-refractivity contribution in [2.75, 3.05) is 0 Å². The summed E-state index contributed by atoms with van der Waals surface area (Å²) < 4.78 is 0. The fourth-order valence-corrected chi connectivity index (χ4v) is 3.72. The Hall–Kier alpha value is -1.67. The first-order valence-electron chi connectivity index (χ1n) is 5.87. The van der Waals surface area contributed by atoms with Crippen molar-refractivity contribution in [3.05, 3.63) is 16.8 Å². The molecule has 0 aromatic carbocycles. The van der Waals surface area contributed by atoms with Gasteiger partial charge in [-0.3, -0.25) is 10.1 Å². The first-order chi connectivity index (χ1) is 9.40. The zero-order chi connectivity index (χ0) is 14.9. The van der Waals surface area contributed by atoms with E-state index in [1.165, 1.54) is 23.0 Å². The second-order valence-electron chi connectivity index (χ2n) is 4.26. The predicted octanol–water partition coefficient (Wildman–Crippen LogP) is 1.98. The van der Waals surface area contributed by atoms with Crippen LogP contribution in [0.1, 0.15) is 17.4 Å². The number of nitrogens with two attached hydrogens (primary N) is 1. The highest BCUT2D eigenvalue weighted by Gasteiger charge is 2.20. The molecule has 3 N–H and O–H groups in total. The van der Waals surface area contributed by atoms with E-state index in [-0.39, 0.29) is 0 Å². The molecule has 2 aromatic heterocycles. The van der Waals surface area contributed by atoms with Gasteiger partial charge in [-0.2, -0.15) is 0 Å². The fraction of sp³-hybridized carbons (Fsp3) is 0.333. The second-order valence-corrected chi connectivity index (χ2v) is 6.79. The maximum Gasteiger partial charge on any atom is 0.318 e. The number of thioether (sulfide) groups is 1. The molecule has 0 spiro atoms. The summed E-state index contributed by atoms with van der Waals surface area (Å²) in [5.41, 5.74) is 6.06. The van der Waals surface area contributed by atoms with Gasteiger partial charge in [0.05, 0.1) is 5.25 Å². The fourth-order valence-electron chi connectivity index (χ4n) is 1.68. The lowest BCUT2D eigenvalue weighted by Crippen LogP contribution is -2.39. The van der Waals surface area contributed by atoms with Crippen LogP contribution in [0.3, 0.4) is 0 Å². The minimum atomic E-state index is -0.849. The van der Waals surface area contributed by atoms with E-state index in [2.05, 4.69) is 15.3 Å². The van der Waals surface area contributed by atoms with Crippen LogP contribution in [0, 0.1) is 13.8 Å². The van der Waals surface area contributed by atoms with Crippen LogP contribution in [-0.2, 0) is 4.79 Å². The summed E-state index contributed by atoms with van der Waals surface area (Å²) in [5.74, 6) is -0.432. The molecular formula is C12H14N4O2S2. The van der Waals surface area contributed by atoms with Gasteiger partial charge in [0.25, 0.3) is 0 Å². The Balaban J connectivity index is 2.30. The number of primary amides is 1. The third-order valence-electron chi connectivity index (χ3n) is 2.83. The van der Waals surface area contributed by atoms with E-state index in [1.807, 2.05) is 13.8 Å². The van der Waals surface area contributed by atoms with Crippen molar-refractivity contribution in [3.63, 3.8) is 0 Å². The molecule has 0 aliphatic rings. The van der Waals surface area contributed by atoms with Gasteiger partial charge in [0.1, 0.15) is 16.2 Å². The molecule has 0 unspecified atom stereocenters. The van der Waals surface area contributed by atoms with Crippen molar-refractivity contribution in [3.8, 4) is 0 Å². The van der Waals surface area contributed by atoms with Gasteiger partial charge in [-0.1, -0.05) is 11.8 Å². The molecule has 2 rings (SSSR count). The van der Waals surface area contributed by atoms with Crippen LogP contribution in [0.25, 0.3) is 10.2 Å². The summed E-state index contributed by atoms with van der Waals surface area (Å²) in [6.07, 6.45) is 1.48. The van der Waals surface area contributed by atoms with Crippen LogP contribution in [0.5, 0.6) is 0 Å². The Morgan fingerprint density at radius 3 is 2.75 bits per heavy atom. The molecule has 0 aliphatic carbocycles. The molecule has 0 saturated heterocycles. The lowest BCUT2D eigenvalue weighted by molar-refractivity contribution is -0.119. The van der Waals surface area contributed by atoms with Crippen LogP contribution < -0.4 is 11.1 Å². The van der Waals surface area contributed by atoms with Crippen LogP contribution in [-0.4, -0.2) is 27.2 Å². The van der Waals surface area contributed by atoms with Gasteiger partial charge in [-0.05, 0) is 26.3 Å². The second kappa shape index (κ2) is 5.76. The third kappa shape index (κ3) is 2.91. The molecular weight excluding hydrogens is 296 g/mol. The average molecular weight is 310 g/mol. The number of urea groups is 1. The van der Waals surface area contributed by atoms with Crippen LogP contribution in [0.15, 0.2) is 11.4 Å². The Bertz CT molecular complexity index is 683. The van der Waals surface area contributed by atoms with E-state index in [0.29, 0.717) is 0 Å². The molecule has 20 heavy (non-hydrogen) atoms. The highest BCUT2D eigenvalue weighted by molar-refractivity contribution is 8.00. The van der Waals surface area contributed by atoms with Crippen molar-refractivity contribution in [1.82, 2.24) is 15.3 Å². The number of amides is 3. The van der Waals surface area contributed by atoms with Gasteiger partial charge in [0, 0.05) is 10.3 Å².